The summed E-state index contributed by atoms with van der Waals surface area (Å²) in [7, 11) is -3.11. The van der Waals surface area contributed by atoms with Gasteiger partial charge in [-0.2, -0.15) is 0 Å². The third-order valence-electron chi connectivity index (χ3n) is 5.40. The molecule has 2 aromatic rings. The molecule has 0 N–H and O–H groups in total. The second-order valence-corrected chi connectivity index (χ2v) is 10.1. The summed E-state index contributed by atoms with van der Waals surface area (Å²) in [6.07, 6.45) is 7.01. The third-order valence-corrected chi connectivity index (χ3v) is 6.77. The van der Waals surface area contributed by atoms with E-state index < -0.39 is 9.84 Å². The Morgan fingerprint density at radius 3 is 2.56 bits per heavy atom. The van der Waals surface area contributed by atoms with Gasteiger partial charge in [0.2, 0.25) is 0 Å². The molecule has 1 saturated heterocycles. The van der Waals surface area contributed by atoms with E-state index >= 15 is 0 Å². The summed E-state index contributed by atoms with van der Waals surface area (Å²) in [5, 5.41) is 0.811. The molecule has 0 aliphatic carbocycles. The molecule has 0 aromatic heterocycles. The van der Waals surface area contributed by atoms with Crippen LogP contribution in [0.2, 0.25) is 5.02 Å². The van der Waals surface area contributed by atoms with Gasteiger partial charge in [-0.05, 0) is 80.0 Å². The lowest BCUT2D eigenvalue weighted by atomic mass is 9.91. The number of hydrogen-bond donors (Lipinski definition) is 0. The Labute approximate surface area is 168 Å². The van der Waals surface area contributed by atoms with E-state index in [0.29, 0.717) is 10.8 Å². The fraction of sp³-hybridized carbons (Fsp3) is 0.455. The molecule has 0 amide bonds. The summed E-state index contributed by atoms with van der Waals surface area (Å²) in [6.45, 7) is 3.42. The van der Waals surface area contributed by atoms with Gasteiger partial charge in [-0.25, -0.2) is 8.42 Å². The lowest BCUT2D eigenvalue weighted by Crippen LogP contribution is -2.36. The first-order valence-corrected chi connectivity index (χ1v) is 11.9. The van der Waals surface area contributed by atoms with Gasteiger partial charge in [0.05, 0.1) is 4.90 Å². The van der Waals surface area contributed by atoms with Gasteiger partial charge >= 0.3 is 0 Å². The molecular weight excluding hydrogens is 378 g/mol. The number of sulfone groups is 1. The molecule has 0 unspecified atom stereocenters. The number of hydrogen-bond acceptors (Lipinski definition) is 3. The van der Waals surface area contributed by atoms with E-state index in [1.54, 1.807) is 12.1 Å². The van der Waals surface area contributed by atoms with E-state index in [1.807, 2.05) is 24.3 Å². The van der Waals surface area contributed by atoms with Gasteiger partial charge in [-0.3, -0.25) is 0 Å². The fourth-order valence-corrected chi connectivity index (χ4v) is 4.69. The van der Waals surface area contributed by atoms with Gasteiger partial charge in [0.15, 0.2) is 9.84 Å². The van der Waals surface area contributed by atoms with Crippen LogP contribution in [0.25, 0.3) is 0 Å². The normalized spacial score (nSPS) is 18.5. The molecule has 5 heteroatoms. The highest BCUT2D eigenvalue weighted by molar-refractivity contribution is 7.90. The lowest BCUT2D eigenvalue weighted by molar-refractivity contribution is 0.170. The molecule has 1 heterocycles. The lowest BCUT2D eigenvalue weighted by Gasteiger charge is -2.33. The van der Waals surface area contributed by atoms with E-state index in [1.165, 1.54) is 36.8 Å². The number of halogens is 1. The minimum absolute atomic E-state index is 0.399. The Morgan fingerprint density at radius 1 is 1.07 bits per heavy atom. The van der Waals surface area contributed by atoms with Crippen LogP contribution in [0, 0.1) is 5.92 Å². The van der Waals surface area contributed by atoms with Crippen LogP contribution in [-0.4, -0.2) is 39.2 Å². The van der Waals surface area contributed by atoms with Crippen molar-refractivity contribution < 1.29 is 8.42 Å². The van der Waals surface area contributed by atoms with Crippen LogP contribution in [-0.2, 0) is 22.7 Å². The van der Waals surface area contributed by atoms with Crippen molar-refractivity contribution in [3.63, 3.8) is 0 Å². The van der Waals surface area contributed by atoms with E-state index in [0.717, 1.165) is 37.4 Å². The van der Waals surface area contributed by atoms with Crippen molar-refractivity contribution >= 4 is 21.4 Å². The summed E-state index contributed by atoms with van der Waals surface area (Å²) in [5.74, 6) is 0.715. The van der Waals surface area contributed by atoms with Crippen molar-refractivity contribution in [3.8, 4) is 0 Å². The van der Waals surface area contributed by atoms with Crippen LogP contribution in [0.3, 0.4) is 0 Å². The summed E-state index contributed by atoms with van der Waals surface area (Å²) in [5.41, 5.74) is 2.52. The Bertz CT molecular complexity index is 849. The summed E-state index contributed by atoms with van der Waals surface area (Å²) >= 11 is 6.08. The maximum atomic E-state index is 11.6. The molecule has 146 valence electrons. The monoisotopic (exact) mass is 405 g/mol. The van der Waals surface area contributed by atoms with Crippen molar-refractivity contribution in [1.29, 1.82) is 0 Å². The molecule has 1 fully saturated rings. The molecule has 2 aromatic carbocycles. The van der Waals surface area contributed by atoms with Crippen molar-refractivity contribution in [1.82, 2.24) is 4.90 Å². The molecule has 1 aliphatic rings. The van der Waals surface area contributed by atoms with Crippen LogP contribution in [0.5, 0.6) is 0 Å². The maximum absolute atomic E-state index is 11.6. The van der Waals surface area contributed by atoms with Crippen LogP contribution >= 0.6 is 11.6 Å². The quantitative estimate of drug-likeness (QED) is 0.673. The van der Waals surface area contributed by atoms with E-state index in [9.17, 15) is 8.42 Å². The minimum atomic E-state index is -3.11. The number of benzene rings is 2. The number of aryl methyl sites for hydroxylation is 1. The van der Waals surface area contributed by atoms with Crippen LogP contribution in [0.4, 0.5) is 0 Å². The number of piperidine rings is 1. The van der Waals surface area contributed by atoms with Gasteiger partial charge in [0, 0.05) is 24.4 Å². The average Bonchev–Trinajstić information content (AvgIpc) is 2.65. The molecule has 1 atom stereocenters. The SMILES string of the molecule is CS(=O)(=O)c1ccc(CC[C@H]2CCCN(CCc3cccc(Cl)c3)C2)cc1. The standard InChI is InChI=1S/C22H28ClNO2S/c1-27(25,26)22-11-9-18(10-12-22)7-8-20-5-3-14-24(17-20)15-13-19-4-2-6-21(23)16-19/h2,4,6,9-12,16,20H,3,5,7-8,13-15,17H2,1H3/t20-/m1/s1. The topological polar surface area (TPSA) is 37.4 Å². The highest BCUT2D eigenvalue weighted by Gasteiger charge is 2.19. The van der Waals surface area contributed by atoms with E-state index in [2.05, 4.69) is 17.0 Å². The van der Waals surface area contributed by atoms with Crippen molar-refractivity contribution in [3.05, 3.63) is 64.7 Å². The fourth-order valence-electron chi connectivity index (χ4n) is 3.84. The van der Waals surface area contributed by atoms with E-state index in [4.69, 9.17) is 11.6 Å². The Balaban J connectivity index is 1.47. The van der Waals surface area contributed by atoms with Gasteiger partial charge < -0.3 is 4.90 Å². The first-order valence-electron chi connectivity index (χ1n) is 9.66. The smallest absolute Gasteiger partial charge is 0.175 e. The molecule has 3 rings (SSSR count). The summed E-state index contributed by atoms with van der Waals surface area (Å²) in [6, 6.07) is 15.5. The first kappa shape index (κ1) is 20.4. The van der Waals surface area contributed by atoms with Crippen LogP contribution < -0.4 is 0 Å². The Kier molecular flexibility index (Phi) is 6.96. The van der Waals surface area contributed by atoms with E-state index in [-0.39, 0.29) is 0 Å². The van der Waals surface area contributed by atoms with Crippen molar-refractivity contribution in [2.24, 2.45) is 5.92 Å². The first-order chi connectivity index (χ1) is 12.9. The number of likely N-dealkylation sites (tertiary alicyclic amines) is 1. The molecule has 0 spiro atoms. The molecule has 27 heavy (non-hydrogen) atoms. The number of rotatable bonds is 7. The molecule has 0 radical (unpaired) electrons. The predicted octanol–water partition coefficient (Wildman–Crippen LogP) is 4.63. The second-order valence-electron chi connectivity index (χ2n) is 7.64. The molecule has 0 bridgehead atoms. The van der Waals surface area contributed by atoms with Crippen LogP contribution in [0.1, 0.15) is 30.4 Å². The Morgan fingerprint density at radius 2 is 1.85 bits per heavy atom. The average molecular weight is 406 g/mol. The summed E-state index contributed by atoms with van der Waals surface area (Å²) < 4.78 is 23.1. The molecular formula is C22H28ClNO2S. The molecule has 0 saturated carbocycles. The largest absolute Gasteiger partial charge is 0.303 e. The van der Waals surface area contributed by atoms with Crippen LogP contribution in [0.15, 0.2) is 53.4 Å². The van der Waals surface area contributed by atoms with Gasteiger partial charge in [-0.1, -0.05) is 35.9 Å². The number of nitrogens with zero attached hydrogens (tertiary/aromatic N) is 1. The zero-order chi connectivity index (χ0) is 19.3. The van der Waals surface area contributed by atoms with Gasteiger partial charge in [0.1, 0.15) is 0 Å². The summed E-state index contributed by atoms with van der Waals surface area (Å²) in [4.78, 5) is 2.97. The highest BCUT2D eigenvalue weighted by atomic mass is 35.5. The predicted molar refractivity (Wildman–Crippen MR) is 112 cm³/mol. The third kappa shape index (κ3) is 6.34. The maximum Gasteiger partial charge on any atom is 0.175 e. The van der Waals surface area contributed by atoms with Crippen molar-refractivity contribution in [2.75, 3.05) is 25.9 Å². The molecule has 3 nitrogen and oxygen atoms in total. The second kappa shape index (κ2) is 9.22. The highest BCUT2D eigenvalue weighted by Crippen LogP contribution is 2.22. The zero-order valence-electron chi connectivity index (χ0n) is 15.9. The Hall–Kier alpha value is -1.36. The van der Waals surface area contributed by atoms with Gasteiger partial charge in [0.25, 0.3) is 0 Å². The van der Waals surface area contributed by atoms with Gasteiger partial charge in [-0.15, -0.1) is 0 Å². The minimum Gasteiger partial charge on any atom is -0.303 e. The molecule has 1 aliphatic heterocycles. The zero-order valence-corrected chi connectivity index (χ0v) is 17.5. The van der Waals surface area contributed by atoms with Crippen molar-refractivity contribution in [2.45, 2.75) is 37.0 Å².